The molecule has 0 aromatic heterocycles. The van der Waals surface area contributed by atoms with Gasteiger partial charge in [0.25, 0.3) is 0 Å². The van der Waals surface area contributed by atoms with Gasteiger partial charge in [-0.2, -0.15) is 0 Å². The summed E-state index contributed by atoms with van der Waals surface area (Å²) in [6.45, 7) is 0. The van der Waals surface area contributed by atoms with Gasteiger partial charge in [-0.1, -0.05) is 19.3 Å². The summed E-state index contributed by atoms with van der Waals surface area (Å²) in [4.78, 5) is 11.9. The van der Waals surface area contributed by atoms with E-state index >= 15 is 0 Å². The molecule has 2 amide bonds. The van der Waals surface area contributed by atoms with Gasteiger partial charge in [-0.25, -0.2) is 18.4 Å². The summed E-state index contributed by atoms with van der Waals surface area (Å²) >= 11 is 3.23. The van der Waals surface area contributed by atoms with Gasteiger partial charge in [0.15, 0.2) is 0 Å². The number of amides is 2. The van der Waals surface area contributed by atoms with E-state index in [0.717, 1.165) is 25.7 Å². The number of anilines is 1. The van der Waals surface area contributed by atoms with Gasteiger partial charge >= 0.3 is 6.03 Å². The zero-order valence-corrected chi connectivity index (χ0v) is 13.8. The van der Waals surface area contributed by atoms with Crippen LogP contribution in [-0.2, 0) is 10.0 Å². The van der Waals surface area contributed by atoms with Gasteiger partial charge in [0.05, 0.1) is 10.6 Å². The third-order valence-electron chi connectivity index (χ3n) is 3.46. The molecule has 0 bridgehead atoms. The lowest BCUT2D eigenvalue weighted by Gasteiger charge is -2.23. The zero-order chi connectivity index (χ0) is 15.5. The van der Waals surface area contributed by atoms with E-state index < -0.39 is 10.0 Å². The minimum absolute atomic E-state index is 0.00684. The summed E-state index contributed by atoms with van der Waals surface area (Å²) < 4.78 is 22.9. The molecule has 0 saturated heterocycles. The molecule has 6 nitrogen and oxygen atoms in total. The summed E-state index contributed by atoms with van der Waals surface area (Å²) in [5.74, 6) is 0. The molecule has 116 valence electrons. The van der Waals surface area contributed by atoms with Gasteiger partial charge < -0.3 is 10.6 Å². The predicted octanol–water partition coefficient (Wildman–Crippen LogP) is 2.55. The Hall–Kier alpha value is -1.12. The Morgan fingerprint density at radius 2 is 1.90 bits per heavy atom. The third-order valence-corrected chi connectivity index (χ3v) is 5.02. The van der Waals surface area contributed by atoms with Crippen LogP contribution < -0.4 is 15.8 Å². The lowest BCUT2D eigenvalue weighted by atomic mass is 9.96. The minimum Gasteiger partial charge on any atom is -0.335 e. The van der Waals surface area contributed by atoms with Crippen LogP contribution in [0.5, 0.6) is 0 Å². The van der Waals surface area contributed by atoms with E-state index in [0.29, 0.717) is 10.2 Å². The predicted molar refractivity (Wildman–Crippen MR) is 84.5 cm³/mol. The average molecular weight is 376 g/mol. The van der Waals surface area contributed by atoms with Crippen LogP contribution in [0.2, 0.25) is 0 Å². The summed E-state index contributed by atoms with van der Waals surface area (Å²) in [5.41, 5.74) is 0.496. The van der Waals surface area contributed by atoms with Crippen molar-refractivity contribution in [3.8, 4) is 0 Å². The van der Waals surface area contributed by atoms with Crippen molar-refractivity contribution < 1.29 is 13.2 Å². The first-order valence-corrected chi connectivity index (χ1v) is 9.10. The Morgan fingerprint density at radius 1 is 1.24 bits per heavy atom. The standard InChI is InChI=1S/C13H18BrN3O3S/c14-11-8-10(21(15,19)20)6-7-12(11)17-13(18)16-9-4-2-1-3-5-9/h6-9H,1-5H2,(H2,15,19,20)(H2,16,17,18). The molecule has 1 aliphatic rings. The van der Waals surface area contributed by atoms with E-state index in [1.807, 2.05) is 0 Å². The highest BCUT2D eigenvalue weighted by Gasteiger charge is 2.16. The van der Waals surface area contributed by atoms with Crippen LogP contribution in [0.1, 0.15) is 32.1 Å². The molecule has 0 atom stereocenters. The van der Waals surface area contributed by atoms with Gasteiger partial charge in [-0.15, -0.1) is 0 Å². The van der Waals surface area contributed by atoms with Crippen molar-refractivity contribution in [1.29, 1.82) is 0 Å². The van der Waals surface area contributed by atoms with Crippen molar-refractivity contribution in [2.24, 2.45) is 5.14 Å². The summed E-state index contributed by atoms with van der Waals surface area (Å²) in [6.07, 6.45) is 5.49. The number of sulfonamides is 1. The summed E-state index contributed by atoms with van der Waals surface area (Å²) in [7, 11) is -3.75. The van der Waals surface area contributed by atoms with Crippen LogP contribution >= 0.6 is 15.9 Å². The quantitative estimate of drug-likeness (QED) is 0.756. The number of rotatable bonds is 3. The Bertz CT molecular complexity index is 628. The van der Waals surface area contributed by atoms with Crippen molar-refractivity contribution >= 4 is 37.7 Å². The number of benzene rings is 1. The fourth-order valence-electron chi connectivity index (χ4n) is 2.36. The van der Waals surface area contributed by atoms with E-state index in [4.69, 9.17) is 5.14 Å². The number of nitrogens with one attached hydrogen (secondary N) is 2. The first-order valence-electron chi connectivity index (χ1n) is 6.76. The highest BCUT2D eigenvalue weighted by atomic mass is 79.9. The first-order chi connectivity index (χ1) is 9.86. The second-order valence-corrected chi connectivity index (χ2v) is 7.54. The molecule has 21 heavy (non-hydrogen) atoms. The molecule has 0 aliphatic heterocycles. The lowest BCUT2D eigenvalue weighted by molar-refractivity contribution is 0.244. The Kier molecular flexibility index (Phi) is 5.23. The monoisotopic (exact) mass is 375 g/mol. The molecule has 1 aromatic carbocycles. The largest absolute Gasteiger partial charge is 0.335 e. The molecule has 1 aromatic rings. The molecule has 0 spiro atoms. The number of hydrogen-bond acceptors (Lipinski definition) is 3. The van der Waals surface area contributed by atoms with Gasteiger partial charge in [0.2, 0.25) is 10.0 Å². The number of halogens is 1. The normalized spacial score (nSPS) is 16.5. The topological polar surface area (TPSA) is 101 Å². The number of carbonyl (C=O) groups is 1. The van der Waals surface area contributed by atoms with Crippen molar-refractivity contribution in [2.45, 2.75) is 43.0 Å². The highest BCUT2D eigenvalue weighted by Crippen LogP contribution is 2.25. The van der Waals surface area contributed by atoms with Crippen LogP contribution in [0.15, 0.2) is 27.6 Å². The van der Waals surface area contributed by atoms with Crippen molar-refractivity contribution in [1.82, 2.24) is 5.32 Å². The molecular formula is C13H18BrN3O3S. The molecule has 8 heteroatoms. The van der Waals surface area contributed by atoms with Gasteiger partial charge in [0.1, 0.15) is 0 Å². The van der Waals surface area contributed by atoms with Crippen LogP contribution in [0.25, 0.3) is 0 Å². The SMILES string of the molecule is NS(=O)(=O)c1ccc(NC(=O)NC2CCCCC2)c(Br)c1. The van der Waals surface area contributed by atoms with Gasteiger partial charge in [-0.05, 0) is 47.0 Å². The maximum atomic E-state index is 11.9. The maximum absolute atomic E-state index is 11.9. The second kappa shape index (κ2) is 6.76. The van der Waals surface area contributed by atoms with Crippen LogP contribution in [-0.4, -0.2) is 20.5 Å². The van der Waals surface area contributed by atoms with Crippen molar-refractivity contribution in [3.63, 3.8) is 0 Å². The molecule has 1 saturated carbocycles. The van der Waals surface area contributed by atoms with Crippen molar-refractivity contribution in [3.05, 3.63) is 22.7 Å². The number of urea groups is 1. The fraction of sp³-hybridized carbons (Fsp3) is 0.462. The number of primary sulfonamides is 1. The number of hydrogen-bond donors (Lipinski definition) is 3. The van der Waals surface area contributed by atoms with E-state index in [1.54, 1.807) is 0 Å². The molecule has 0 heterocycles. The van der Waals surface area contributed by atoms with E-state index in [9.17, 15) is 13.2 Å². The highest BCUT2D eigenvalue weighted by molar-refractivity contribution is 9.10. The molecule has 2 rings (SSSR count). The zero-order valence-electron chi connectivity index (χ0n) is 11.4. The number of carbonyl (C=O) groups excluding carboxylic acids is 1. The molecule has 1 aliphatic carbocycles. The van der Waals surface area contributed by atoms with E-state index in [1.165, 1.54) is 24.6 Å². The van der Waals surface area contributed by atoms with Crippen LogP contribution in [0.3, 0.4) is 0 Å². The van der Waals surface area contributed by atoms with Gasteiger partial charge in [-0.3, -0.25) is 0 Å². The maximum Gasteiger partial charge on any atom is 0.319 e. The van der Waals surface area contributed by atoms with Crippen LogP contribution in [0.4, 0.5) is 10.5 Å². The third kappa shape index (κ3) is 4.69. The molecule has 0 radical (unpaired) electrons. The van der Waals surface area contributed by atoms with Crippen LogP contribution in [0, 0.1) is 0 Å². The van der Waals surface area contributed by atoms with Gasteiger partial charge in [0, 0.05) is 10.5 Å². The Labute approximate surface area is 132 Å². The Morgan fingerprint density at radius 3 is 2.48 bits per heavy atom. The molecule has 1 fully saturated rings. The van der Waals surface area contributed by atoms with Crippen molar-refractivity contribution in [2.75, 3.05) is 5.32 Å². The molecule has 4 N–H and O–H groups in total. The molecule has 0 unspecified atom stereocenters. The number of nitrogens with two attached hydrogens (primary N) is 1. The first kappa shape index (κ1) is 16.3. The summed E-state index contributed by atoms with van der Waals surface area (Å²) in [5, 5.41) is 10.7. The van der Waals surface area contributed by atoms with E-state index in [-0.39, 0.29) is 17.0 Å². The average Bonchev–Trinajstić information content (AvgIpc) is 2.41. The minimum atomic E-state index is -3.75. The Balaban J connectivity index is 2.00. The second-order valence-electron chi connectivity index (χ2n) is 5.12. The fourth-order valence-corrected chi connectivity index (χ4v) is 3.53. The molecular weight excluding hydrogens is 358 g/mol. The lowest BCUT2D eigenvalue weighted by Crippen LogP contribution is -2.39. The smallest absolute Gasteiger partial charge is 0.319 e. The summed E-state index contributed by atoms with van der Waals surface area (Å²) in [6, 6.07) is 4.15. The van der Waals surface area contributed by atoms with E-state index in [2.05, 4.69) is 26.6 Å².